The van der Waals surface area contributed by atoms with Crippen LogP contribution < -0.4 is 10.1 Å². The molecule has 0 amide bonds. The molecular formula is C17H27NOS. The number of hydrogen-bond donors (Lipinski definition) is 1. The Morgan fingerprint density at radius 1 is 1.25 bits per heavy atom. The molecule has 20 heavy (non-hydrogen) atoms. The van der Waals surface area contributed by atoms with E-state index in [9.17, 15) is 0 Å². The average molecular weight is 293 g/mol. The van der Waals surface area contributed by atoms with Crippen molar-refractivity contribution < 1.29 is 4.74 Å². The molecule has 1 saturated heterocycles. The standard InChI is InChI=1S/C17H27NOS/c1-3-12-19-15-10-8-14(9-11-15)17(18-4-2)16-7-5-6-13-20-16/h8-11,16-18H,3-7,12-13H2,1-2H3. The van der Waals surface area contributed by atoms with Gasteiger partial charge in [0.1, 0.15) is 5.75 Å². The van der Waals surface area contributed by atoms with Gasteiger partial charge in [-0.25, -0.2) is 0 Å². The number of nitrogens with one attached hydrogen (secondary N) is 1. The molecule has 0 bridgehead atoms. The van der Waals surface area contributed by atoms with E-state index in [1.165, 1.54) is 30.6 Å². The largest absolute Gasteiger partial charge is 0.494 e. The summed E-state index contributed by atoms with van der Waals surface area (Å²) >= 11 is 2.13. The lowest BCUT2D eigenvalue weighted by molar-refractivity contribution is 0.317. The van der Waals surface area contributed by atoms with Crippen molar-refractivity contribution in [3.05, 3.63) is 29.8 Å². The van der Waals surface area contributed by atoms with Gasteiger partial charge in [-0.2, -0.15) is 11.8 Å². The zero-order chi connectivity index (χ0) is 14.2. The summed E-state index contributed by atoms with van der Waals surface area (Å²) in [5.41, 5.74) is 1.40. The van der Waals surface area contributed by atoms with Crippen molar-refractivity contribution in [2.75, 3.05) is 18.9 Å². The maximum atomic E-state index is 5.67. The van der Waals surface area contributed by atoms with Gasteiger partial charge in [-0.05, 0) is 49.3 Å². The van der Waals surface area contributed by atoms with Crippen LogP contribution in [0.4, 0.5) is 0 Å². The molecule has 2 rings (SSSR count). The first-order chi connectivity index (χ1) is 9.85. The summed E-state index contributed by atoms with van der Waals surface area (Å²) in [5.74, 6) is 2.30. The van der Waals surface area contributed by atoms with Gasteiger partial charge in [0.05, 0.1) is 6.61 Å². The van der Waals surface area contributed by atoms with Crippen molar-refractivity contribution in [1.82, 2.24) is 5.32 Å². The molecule has 1 fully saturated rings. The summed E-state index contributed by atoms with van der Waals surface area (Å²) in [6.07, 6.45) is 5.14. The van der Waals surface area contributed by atoms with Gasteiger partial charge in [0.15, 0.2) is 0 Å². The molecule has 1 aliphatic rings. The fraction of sp³-hybridized carbons (Fsp3) is 0.647. The summed E-state index contributed by atoms with van der Waals surface area (Å²) in [5, 5.41) is 4.38. The third kappa shape index (κ3) is 4.42. The maximum absolute atomic E-state index is 5.67. The number of ether oxygens (including phenoxy) is 1. The fourth-order valence-electron chi connectivity index (χ4n) is 2.70. The van der Waals surface area contributed by atoms with Gasteiger partial charge in [0, 0.05) is 11.3 Å². The van der Waals surface area contributed by atoms with Crippen LogP contribution in [0.15, 0.2) is 24.3 Å². The van der Waals surface area contributed by atoms with Crippen molar-refractivity contribution in [2.45, 2.75) is 50.8 Å². The van der Waals surface area contributed by atoms with E-state index < -0.39 is 0 Å². The minimum Gasteiger partial charge on any atom is -0.494 e. The third-order valence-corrected chi connectivity index (χ3v) is 5.18. The van der Waals surface area contributed by atoms with E-state index in [1.54, 1.807) is 0 Å². The molecule has 1 heterocycles. The minimum absolute atomic E-state index is 0.477. The topological polar surface area (TPSA) is 21.3 Å². The predicted octanol–water partition coefficient (Wildman–Crippen LogP) is 4.41. The smallest absolute Gasteiger partial charge is 0.119 e. The molecule has 1 N–H and O–H groups in total. The van der Waals surface area contributed by atoms with E-state index >= 15 is 0 Å². The lowest BCUT2D eigenvalue weighted by atomic mass is 9.99. The van der Waals surface area contributed by atoms with Gasteiger partial charge < -0.3 is 10.1 Å². The molecule has 2 atom stereocenters. The number of hydrogen-bond acceptors (Lipinski definition) is 3. The summed E-state index contributed by atoms with van der Waals surface area (Å²) in [6.45, 7) is 6.15. The molecule has 3 heteroatoms. The van der Waals surface area contributed by atoms with E-state index in [-0.39, 0.29) is 0 Å². The Labute approximate surface area is 127 Å². The predicted molar refractivity (Wildman–Crippen MR) is 88.7 cm³/mol. The normalized spacial score (nSPS) is 20.6. The Morgan fingerprint density at radius 3 is 2.65 bits per heavy atom. The van der Waals surface area contributed by atoms with E-state index in [4.69, 9.17) is 4.74 Å². The molecule has 1 aromatic rings. The van der Waals surface area contributed by atoms with Gasteiger partial charge in [-0.3, -0.25) is 0 Å². The van der Waals surface area contributed by atoms with Gasteiger partial charge in [-0.1, -0.05) is 32.4 Å². The molecule has 2 unspecified atom stereocenters. The minimum atomic E-state index is 0.477. The molecule has 0 saturated carbocycles. The fourth-order valence-corrected chi connectivity index (χ4v) is 4.16. The SMILES string of the molecule is CCCOc1ccc(C(NCC)C2CCCCS2)cc1. The van der Waals surface area contributed by atoms with Crippen LogP contribution >= 0.6 is 11.8 Å². The zero-order valence-electron chi connectivity index (χ0n) is 12.7. The highest BCUT2D eigenvalue weighted by Crippen LogP contribution is 2.35. The second-order valence-corrected chi connectivity index (χ2v) is 6.70. The Kier molecular flexibility index (Phi) is 6.74. The highest BCUT2D eigenvalue weighted by Gasteiger charge is 2.24. The summed E-state index contributed by atoms with van der Waals surface area (Å²) < 4.78 is 5.67. The van der Waals surface area contributed by atoms with Crippen molar-refractivity contribution in [3.63, 3.8) is 0 Å². The number of benzene rings is 1. The quantitative estimate of drug-likeness (QED) is 0.804. The Bertz CT molecular complexity index is 373. The van der Waals surface area contributed by atoms with E-state index in [2.05, 4.69) is 55.2 Å². The molecule has 112 valence electrons. The van der Waals surface area contributed by atoms with Crippen LogP contribution in [0.1, 0.15) is 51.1 Å². The second-order valence-electron chi connectivity index (χ2n) is 5.36. The van der Waals surface area contributed by atoms with Crippen LogP contribution in [-0.4, -0.2) is 24.2 Å². The van der Waals surface area contributed by atoms with Crippen LogP contribution in [0, 0.1) is 0 Å². The summed E-state index contributed by atoms with van der Waals surface area (Å²) in [4.78, 5) is 0. The molecular weight excluding hydrogens is 266 g/mol. The van der Waals surface area contributed by atoms with Gasteiger partial charge in [0.2, 0.25) is 0 Å². The monoisotopic (exact) mass is 293 g/mol. The van der Waals surface area contributed by atoms with Crippen LogP contribution in [-0.2, 0) is 0 Å². The Balaban J connectivity index is 2.04. The van der Waals surface area contributed by atoms with Crippen molar-refractivity contribution in [3.8, 4) is 5.75 Å². The zero-order valence-corrected chi connectivity index (χ0v) is 13.5. The first-order valence-corrected chi connectivity index (χ1v) is 8.97. The molecule has 1 aromatic carbocycles. The highest BCUT2D eigenvalue weighted by molar-refractivity contribution is 8.00. The molecule has 0 radical (unpaired) electrons. The lowest BCUT2D eigenvalue weighted by Gasteiger charge is -2.30. The first kappa shape index (κ1) is 15.7. The summed E-state index contributed by atoms with van der Waals surface area (Å²) in [7, 11) is 0. The Hall–Kier alpha value is -0.670. The molecule has 0 spiro atoms. The van der Waals surface area contributed by atoms with E-state index in [0.717, 1.165) is 25.3 Å². The third-order valence-electron chi connectivity index (χ3n) is 3.72. The Morgan fingerprint density at radius 2 is 2.05 bits per heavy atom. The average Bonchev–Trinajstić information content (AvgIpc) is 2.52. The second kappa shape index (κ2) is 8.58. The van der Waals surface area contributed by atoms with E-state index in [1.807, 2.05) is 0 Å². The van der Waals surface area contributed by atoms with Crippen LogP contribution in [0.3, 0.4) is 0 Å². The molecule has 2 nitrogen and oxygen atoms in total. The van der Waals surface area contributed by atoms with E-state index in [0.29, 0.717) is 11.3 Å². The van der Waals surface area contributed by atoms with Crippen molar-refractivity contribution in [1.29, 1.82) is 0 Å². The summed E-state index contributed by atoms with van der Waals surface area (Å²) in [6, 6.07) is 9.16. The number of rotatable bonds is 7. The highest BCUT2D eigenvalue weighted by atomic mass is 32.2. The van der Waals surface area contributed by atoms with Gasteiger partial charge in [0.25, 0.3) is 0 Å². The number of thioether (sulfide) groups is 1. The molecule has 0 aliphatic carbocycles. The molecule has 1 aliphatic heterocycles. The van der Waals surface area contributed by atoms with Crippen LogP contribution in [0.5, 0.6) is 5.75 Å². The van der Waals surface area contributed by atoms with Gasteiger partial charge >= 0.3 is 0 Å². The van der Waals surface area contributed by atoms with Crippen molar-refractivity contribution >= 4 is 11.8 Å². The maximum Gasteiger partial charge on any atom is 0.119 e. The van der Waals surface area contributed by atoms with Crippen molar-refractivity contribution in [2.24, 2.45) is 0 Å². The van der Waals surface area contributed by atoms with Crippen LogP contribution in [0.25, 0.3) is 0 Å². The first-order valence-electron chi connectivity index (χ1n) is 7.93. The molecule has 0 aromatic heterocycles. The van der Waals surface area contributed by atoms with Crippen LogP contribution in [0.2, 0.25) is 0 Å². The van der Waals surface area contributed by atoms with Gasteiger partial charge in [-0.15, -0.1) is 0 Å². The lowest BCUT2D eigenvalue weighted by Crippen LogP contribution is -2.31.